The summed E-state index contributed by atoms with van der Waals surface area (Å²) in [5.41, 5.74) is 4.28. The number of nitrogens with zero attached hydrogens (tertiary/aromatic N) is 5. The second-order valence-electron chi connectivity index (χ2n) is 6.19. The summed E-state index contributed by atoms with van der Waals surface area (Å²) >= 11 is 0. The zero-order valence-electron chi connectivity index (χ0n) is 15.5. The molecule has 2 heterocycles. The summed E-state index contributed by atoms with van der Waals surface area (Å²) in [4.78, 5) is 3.41. The van der Waals surface area contributed by atoms with Crippen LogP contribution in [0.25, 0.3) is 26.9 Å². The number of ether oxygens (including phenoxy) is 2. The first kappa shape index (κ1) is 17.5. The Balaban J connectivity index is 1.69. The van der Waals surface area contributed by atoms with Crippen LogP contribution in [0.15, 0.2) is 55.0 Å². The second-order valence-corrected chi connectivity index (χ2v) is 6.19. The van der Waals surface area contributed by atoms with Gasteiger partial charge in [0.2, 0.25) is 0 Å². The SMILES string of the molecule is [C-]#[N+]c1ccc(Cn2cc(-c3cnnc4cc(OC)c(OC)cc34)cn2)cc1. The molecule has 0 atom stereocenters. The Bertz CT molecular complexity index is 1180. The number of hydrogen-bond donors (Lipinski definition) is 0. The molecule has 0 amide bonds. The maximum Gasteiger partial charge on any atom is 0.187 e. The fourth-order valence-corrected chi connectivity index (χ4v) is 3.07. The Morgan fingerprint density at radius 3 is 2.50 bits per heavy atom. The predicted molar refractivity (Wildman–Crippen MR) is 106 cm³/mol. The molecule has 4 aromatic rings. The van der Waals surface area contributed by atoms with Gasteiger partial charge in [0.05, 0.1) is 45.2 Å². The van der Waals surface area contributed by atoms with E-state index < -0.39 is 0 Å². The van der Waals surface area contributed by atoms with Gasteiger partial charge in [-0.25, -0.2) is 4.85 Å². The second kappa shape index (κ2) is 7.37. The number of benzene rings is 2. The first-order valence-electron chi connectivity index (χ1n) is 8.58. The molecule has 0 saturated heterocycles. The summed E-state index contributed by atoms with van der Waals surface area (Å²) in [6.07, 6.45) is 5.50. The molecule has 2 aromatic carbocycles. The van der Waals surface area contributed by atoms with Crippen molar-refractivity contribution in [1.29, 1.82) is 0 Å². The zero-order chi connectivity index (χ0) is 19.5. The molecule has 7 nitrogen and oxygen atoms in total. The van der Waals surface area contributed by atoms with Crippen molar-refractivity contribution in [2.75, 3.05) is 14.2 Å². The molecule has 4 rings (SSSR count). The topological polar surface area (TPSA) is 66.4 Å². The molecule has 0 aliphatic carbocycles. The lowest BCUT2D eigenvalue weighted by Crippen LogP contribution is -1.99. The number of aromatic nitrogens is 4. The van der Waals surface area contributed by atoms with Crippen LogP contribution in [0.3, 0.4) is 0 Å². The lowest BCUT2D eigenvalue weighted by molar-refractivity contribution is 0.356. The average molecular weight is 371 g/mol. The number of hydrogen-bond acceptors (Lipinski definition) is 5. The highest BCUT2D eigenvalue weighted by molar-refractivity contribution is 5.95. The van der Waals surface area contributed by atoms with Gasteiger partial charge in [-0.05, 0) is 11.6 Å². The van der Waals surface area contributed by atoms with Crippen LogP contribution in [0, 0.1) is 6.57 Å². The molecule has 0 spiro atoms. The average Bonchev–Trinajstić information content (AvgIpc) is 3.21. The number of methoxy groups -OCH3 is 2. The minimum Gasteiger partial charge on any atom is -0.493 e. The van der Waals surface area contributed by atoms with Crippen molar-refractivity contribution >= 4 is 16.6 Å². The van der Waals surface area contributed by atoms with Crippen LogP contribution in [0.2, 0.25) is 0 Å². The summed E-state index contributed by atoms with van der Waals surface area (Å²) in [5.74, 6) is 1.25. The maximum atomic E-state index is 7.03. The van der Waals surface area contributed by atoms with Crippen molar-refractivity contribution in [2.45, 2.75) is 6.54 Å². The molecule has 0 aliphatic heterocycles. The standard InChI is InChI=1S/C21H17N5O2/c1-22-16-6-4-14(5-7-16)12-26-13-15(10-24-26)18-11-23-25-19-9-21(28-3)20(27-2)8-17(18)19/h4-11,13H,12H2,2-3H3. The quantitative estimate of drug-likeness (QED) is 0.494. The predicted octanol–water partition coefficient (Wildman–Crippen LogP) is 4.11. The Labute approximate surface area is 162 Å². The van der Waals surface area contributed by atoms with Crippen LogP contribution in [0.4, 0.5) is 5.69 Å². The molecule has 0 N–H and O–H groups in total. The first-order chi connectivity index (χ1) is 13.7. The van der Waals surface area contributed by atoms with Gasteiger partial charge in [-0.1, -0.05) is 24.3 Å². The molecule has 138 valence electrons. The number of fused-ring (bicyclic) bond motifs is 1. The molecule has 0 unspecified atom stereocenters. The Morgan fingerprint density at radius 1 is 1.04 bits per heavy atom. The third-order valence-electron chi connectivity index (χ3n) is 4.50. The van der Waals surface area contributed by atoms with Crippen molar-refractivity contribution in [1.82, 2.24) is 20.0 Å². The van der Waals surface area contributed by atoms with E-state index in [0.29, 0.717) is 23.7 Å². The van der Waals surface area contributed by atoms with Gasteiger partial charge in [0.25, 0.3) is 0 Å². The summed E-state index contributed by atoms with van der Waals surface area (Å²) < 4.78 is 12.6. The Morgan fingerprint density at radius 2 is 1.79 bits per heavy atom. The summed E-state index contributed by atoms with van der Waals surface area (Å²) in [5, 5.41) is 13.7. The largest absolute Gasteiger partial charge is 0.493 e. The van der Waals surface area contributed by atoms with Gasteiger partial charge >= 0.3 is 0 Å². The van der Waals surface area contributed by atoms with Gasteiger partial charge in [0, 0.05) is 28.8 Å². The van der Waals surface area contributed by atoms with Gasteiger partial charge in [-0.3, -0.25) is 4.68 Å². The van der Waals surface area contributed by atoms with Gasteiger partial charge in [0.15, 0.2) is 17.2 Å². The molecule has 0 saturated carbocycles. The summed E-state index contributed by atoms with van der Waals surface area (Å²) in [6, 6.07) is 11.2. The van der Waals surface area contributed by atoms with E-state index >= 15 is 0 Å². The molecular weight excluding hydrogens is 354 g/mol. The fourth-order valence-electron chi connectivity index (χ4n) is 3.07. The van der Waals surface area contributed by atoms with Crippen molar-refractivity contribution in [3.8, 4) is 22.6 Å². The van der Waals surface area contributed by atoms with Crippen LogP contribution in [-0.4, -0.2) is 34.2 Å². The van der Waals surface area contributed by atoms with E-state index in [4.69, 9.17) is 16.0 Å². The Kier molecular flexibility index (Phi) is 4.60. The highest BCUT2D eigenvalue weighted by Gasteiger charge is 2.13. The zero-order valence-corrected chi connectivity index (χ0v) is 15.5. The monoisotopic (exact) mass is 371 g/mol. The van der Waals surface area contributed by atoms with Crippen molar-refractivity contribution in [2.24, 2.45) is 0 Å². The minimum atomic E-state index is 0.611. The molecule has 0 fully saturated rings. The minimum absolute atomic E-state index is 0.611. The van der Waals surface area contributed by atoms with Crippen LogP contribution in [0.5, 0.6) is 11.5 Å². The van der Waals surface area contributed by atoms with Crippen molar-refractivity contribution in [3.05, 3.63) is 72.0 Å². The van der Waals surface area contributed by atoms with E-state index in [2.05, 4.69) is 20.1 Å². The van der Waals surface area contributed by atoms with E-state index in [1.165, 1.54) is 0 Å². The van der Waals surface area contributed by atoms with Gasteiger partial charge in [-0.15, -0.1) is 0 Å². The van der Waals surface area contributed by atoms with Crippen molar-refractivity contribution in [3.63, 3.8) is 0 Å². The van der Waals surface area contributed by atoms with Crippen LogP contribution in [0.1, 0.15) is 5.56 Å². The van der Waals surface area contributed by atoms with E-state index in [1.54, 1.807) is 26.6 Å². The van der Waals surface area contributed by atoms with Gasteiger partial charge < -0.3 is 9.47 Å². The van der Waals surface area contributed by atoms with E-state index in [1.807, 2.05) is 47.3 Å². The number of rotatable bonds is 5. The normalized spacial score (nSPS) is 10.6. The maximum absolute atomic E-state index is 7.03. The van der Waals surface area contributed by atoms with Gasteiger partial charge in [0.1, 0.15) is 0 Å². The first-order valence-corrected chi connectivity index (χ1v) is 8.58. The van der Waals surface area contributed by atoms with E-state index in [-0.39, 0.29) is 0 Å². The molecule has 7 heteroatoms. The summed E-state index contributed by atoms with van der Waals surface area (Å²) in [7, 11) is 3.20. The lowest BCUT2D eigenvalue weighted by atomic mass is 10.1. The van der Waals surface area contributed by atoms with Crippen LogP contribution >= 0.6 is 0 Å². The molecule has 0 bridgehead atoms. The molecular formula is C21H17N5O2. The highest BCUT2D eigenvalue weighted by atomic mass is 16.5. The molecule has 28 heavy (non-hydrogen) atoms. The smallest absolute Gasteiger partial charge is 0.187 e. The molecule has 2 aromatic heterocycles. The van der Waals surface area contributed by atoms with E-state index in [9.17, 15) is 0 Å². The molecule has 0 radical (unpaired) electrons. The van der Waals surface area contributed by atoms with Crippen molar-refractivity contribution < 1.29 is 9.47 Å². The van der Waals surface area contributed by atoms with Gasteiger partial charge in [-0.2, -0.15) is 15.3 Å². The fraction of sp³-hybridized carbons (Fsp3) is 0.143. The summed E-state index contributed by atoms with van der Waals surface area (Å²) in [6.45, 7) is 7.65. The third kappa shape index (κ3) is 3.23. The van der Waals surface area contributed by atoms with Crippen LogP contribution in [-0.2, 0) is 6.54 Å². The van der Waals surface area contributed by atoms with E-state index in [0.717, 1.165) is 27.6 Å². The molecule has 0 aliphatic rings. The lowest BCUT2D eigenvalue weighted by Gasteiger charge is -2.10. The Hall–Kier alpha value is -3.92. The highest BCUT2D eigenvalue weighted by Crippen LogP contribution is 2.35. The third-order valence-corrected chi connectivity index (χ3v) is 4.50. The van der Waals surface area contributed by atoms with Crippen LogP contribution < -0.4 is 9.47 Å².